The highest BCUT2D eigenvalue weighted by atomic mass is 16.2. The van der Waals surface area contributed by atoms with Crippen LogP contribution in [0.2, 0.25) is 0 Å². The Balaban J connectivity index is 1.44. The largest absolute Gasteiger partial charge is 0.330 e. The molecule has 1 N–H and O–H groups in total. The van der Waals surface area contributed by atoms with Gasteiger partial charge in [0.05, 0.1) is 18.2 Å². The summed E-state index contributed by atoms with van der Waals surface area (Å²) in [6.45, 7) is 7.79. The van der Waals surface area contributed by atoms with E-state index in [1.165, 1.54) is 5.56 Å². The number of unbranched alkanes of at least 4 members (excludes halogenated alkanes) is 1. The second-order valence-electron chi connectivity index (χ2n) is 8.38. The number of aromatic amines is 1. The quantitative estimate of drug-likeness (QED) is 0.602. The number of aromatic nitrogens is 4. The molecule has 1 aliphatic rings. The number of imidazole rings is 1. The van der Waals surface area contributed by atoms with Crippen LogP contribution >= 0.6 is 0 Å². The van der Waals surface area contributed by atoms with E-state index in [4.69, 9.17) is 10.2 Å². The van der Waals surface area contributed by atoms with Crippen molar-refractivity contribution in [2.75, 3.05) is 26.2 Å². The molecule has 168 valence electrons. The smallest absolute Gasteiger partial charge is 0.324 e. The number of hydrogen-bond acceptors (Lipinski definition) is 6. The molecular formula is C23H29N7O2. The van der Waals surface area contributed by atoms with Crippen molar-refractivity contribution in [3.05, 3.63) is 62.1 Å². The van der Waals surface area contributed by atoms with Crippen molar-refractivity contribution >= 4 is 11.2 Å². The van der Waals surface area contributed by atoms with Gasteiger partial charge in [-0.25, -0.2) is 9.78 Å². The molecular weight excluding hydrogens is 406 g/mol. The van der Waals surface area contributed by atoms with E-state index in [0.29, 0.717) is 29.8 Å². The molecule has 3 aromatic rings. The van der Waals surface area contributed by atoms with Crippen molar-refractivity contribution in [3.8, 4) is 6.07 Å². The van der Waals surface area contributed by atoms with Crippen LogP contribution in [0.25, 0.3) is 11.2 Å². The first-order chi connectivity index (χ1) is 15.5. The molecule has 9 heteroatoms. The number of nitriles is 1. The van der Waals surface area contributed by atoms with E-state index in [0.717, 1.165) is 51.4 Å². The Labute approximate surface area is 186 Å². The molecule has 0 atom stereocenters. The maximum Gasteiger partial charge on any atom is 0.330 e. The summed E-state index contributed by atoms with van der Waals surface area (Å²) in [5.74, 6) is 0.793. The maximum atomic E-state index is 12.4. The summed E-state index contributed by atoms with van der Waals surface area (Å²) < 4.78 is 3.40. The molecule has 0 bridgehead atoms. The van der Waals surface area contributed by atoms with Gasteiger partial charge >= 0.3 is 5.69 Å². The summed E-state index contributed by atoms with van der Waals surface area (Å²) in [5, 5.41) is 8.94. The zero-order valence-electron chi connectivity index (χ0n) is 18.7. The minimum atomic E-state index is -0.392. The average molecular weight is 436 g/mol. The minimum Gasteiger partial charge on any atom is -0.324 e. The molecule has 0 saturated carbocycles. The van der Waals surface area contributed by atoms with Crippen molar-refractivity contribution < 1.29 is 0 Å². The van der Waals surface area contributed by atoms with Crippen LogP contribution in [0.1, 0.15) is 36.7 Å². The molecule has 4 rings (SSSR count). The summed E-state index contributed by atoms with van der Waals surface area (Å²) in [6, 6.07) is 9.90. The van der Waals surface area contributed by atoms with Crippen LogP contribution in [0.15, 0.2) is 33.9 Å². The molecule has 1 saturated heterocycles. The van der Waals surface area contributed by atoms with Crippen molar-refractivity contribution in [2.24, 2.45) is 7.05 Å². The van der Waals surface area contributed by atoms with Crippen LogP contribution in [0, 0.1) is 11.3 Å². The van der Waals surface area contributed by atoms with Gasteiger partial charge in [0.15, 0.2) is 11.2 Å². The third-order valence-corrected chi connectivity index (χ3v) is 6.16. The zero-order valence-corrected chi connectivity index (χ0v) is 18.7. The van der Waals surface area contributed by atoms with Crippen LogP contribution in [0.3, 0.4) is 0 Å². The first-order valence-corrected chi connectivity index (χ1v) is 11.1. The highest BCUT2D eigenvalue weighted by Gasteiger charge is 2.21. The van der Waals surface area contributed by atoms with Gasteiger partial charge in [-0.15, -0.1) is 0 Å². The van der Waals surface area contributed by atoms with Crippen LogP contribution in [0.5, 0.6) is 0 Å². The highest BCUT2D eigenvalue weighted by Crippen LogP contribution is 2.15. The number of hydrogen-bond donors (Lipinski definition) is 1. The third kappa shape index (κ3) is 4.52. The van der Waals surface area contributed by atoms with E-state index in [-0.39, 0.29) is 5.56 Å². The van der Waals surface area contributed by atoms with Gasteiger partial charge in [0, 0.05) is 46.3 Å². The van der Waals surface area contributed by atoms with Crippen LogP contribution in [-0.2, 0) is 26.7 Å². The van der Waals surface area contributed by atoms with Gasteiger partial charge in [-0.2, -0.15) is 5.26 Å². The Morgan fingerprint density at radius 3 is 2.34 bits per heavy atom. The summed E-state index contributed by atoms with van der Waals surface area (Å²) in [7, 11) is 1.84. The fourth-order valence-corrected chi connectivity index (χ4v) is 4.20. The molecule has 2 aromatic heterocycles. The Morgan fingerprint density at radius 2 is 1.72 bits per heavy atom. The molecule has 0 unspecified atom stereocenters. The molecule has 0 radical (unpaired) electrons. The van der Waals surface area contributed by atoms with Crippen molar-refractivity contribution in [1.29, 1.82) is 5.26 Å². The molecule has 0 spiro atoms. The fourth-order valence-electron chi connectivity index (χ4n) is 4.20. The van der Waals surface area contributed by atoms with Gasteiger partial charge in [-0.1, -0.05) is 25.5 Å². The summed E-state index contributed by atoms with van der Waals surface area (Å²) in [5.41, 5.74) is 2.04. The van der Waals surface area contributed by atoms with Gasteiger partial charge in [0.2, 0.25) is 0 Å². The number of nitrogens with one attached hydrogen (secondary N) is 1. The van der Waals surface area contributed by atoms with Gasteiger partial charge in [0.1, 0.15) is 5.82 Å². The predicted molar refractivity (Wildman–Crippen MR) is 122 cm³/mol. The second kappa shape index (κ2) is 9.51. The SMILES string of the molecule is CCCCn1c(=O)[nH]c(=O)c2c1nc(CN1CCN(Cc3ccc(C#N)cc3)CC1)n2C. The van der Waals surface area contributed by atoms with E-state index < -0.39 is 5.69 Å². The molecule has 0 aliphatic carbocycles. The summed E-state index contributed by atoms with van der Waals surface area (Å²) >= 11 is 0. The third-order valence-electron chi connectivity index (χ3n) is 6.16. The molecule has 9 nitrogen and oxygen atoms in total. The van der Waals surface area contributed by atoms with E-state index in [9.17, 15) is 9.59 Å². The van der Waals surface area contributed by atoms with E-state index in [1.54, 1.807) is 4.57 Å². The zero-order chi connectivity index (χ0) is 22.7. The van der Waals surface area contributed by atoms with Gasteiger partial charge in [-0.3, -0.25) is 24.1 Å². The van der Waals surface area contributed by atoms with Crippen LogP contribution in [-0.4, -0.2) is 55.1 Å². The molecule has 0 amide bonds. The highest BCUT2D eigenvalue weighted by molar-refractivity contribution is 5.70. The number of nitrogens with zero attached hydrogens (tertiary/aromatic N) is 6. The van der Waals surface area contributed by atoms with Crippen molar-refractivity contribution in [2.45, 2.75) is 39.4 Å². The maximum absolute atomic E-state index is 12.4. The molecule has 32 heavy (non-hydrogen) atoms. The number of rotatable bonds is 7. The molecule has 1 aromatic carbocycles. The average Bonchev–Trinajstić information content (AvgIpc) is 3.11. The number of H-pyrrole nitrogens is 1. The standard InChI is InChI=1S/C23H29N7O2/c1-3-4-9-30-21-20(22(31)26-23(30)32)27(2)19(25-21)16-29-12-10-28(11-13-29)15-18-7-5-17(14-24)6-8-18/h5-8H,3-4,9-13,15-16H2,1-2H3,(H,26,31,32). The minimum absolute atomic E-state index is 0.383. The Hall–Kier alpha value is -3.22. The topological polar surface area (TPSA) is 103 Å². The lowest BCUT2D eigenvalue weighted by molar-refractivity contribution is 0.119. The fraction of sp³-hybridized carbons (Fsp3) is 0.478. The Morgan fingerprint density at radius 1 is 1.06 bits per heavy atom. The number of aryl methyl sites for hydroxylation is 2. The molecule has 1 fully saturated rings. The van der Waals surface area contributed by atoms with Crippen LogP contribution < -0.4 is 11.2 Å². The van der Waals surface area contributed by atoms with E-state index >= 15 is 0 Å². The van der Waals surface area contributed by atoms with Gasteiger partial charge < -0.3 is 4.57 Å². The monoisotopic (exact) mass is 435 g/mol. The van der Waals surface area contributed by atoms with Crippen molar-refractivity contribution in [3.63, 3.8) is 0 Å². The van der Waals surface area contributed by atoms with Crippen LogP contribution in [0.4, 0.5) is 0 Å². The summed E-state index contributed by atoms with van der Waals surface area (Å²) in [4.78, 5) is 36.6. The lowest BCUT2D eigenvalue weighted by Crippen LogP contribution is -2.45. The summed E-state index contributed by atoms with van der Waals surface area (Å²) in [6.07, 6.45) is 1.81. The molecule has 3 heterocycles. The van der Waals surface area contributed by atoms with Crippen molar-refractivity contribution in [1.82, 2.24) is 28.9 Å². The number of piperazine rings is 1. The van der Waals surface area contributed by atoms with Gasteiger partial charge in [-0.05, 0) is 24.1 Å². The first-order valence-electron chi connectivity index (χ1n) is 11.1. The van der Waals surface area contributed by atoms with E-state index in [1.807, 2.05) is 35.9 Å². The normalized spacial score (nSPS) is 15.3. The lowest BCUT2D eigenvalue weighted by Gasteiger charge is -2.34. The number of fused-ring (bicyclic) bond motifs is 1. The van der Waals surface area contributed by atoms with Gasteiger partial charge in [0.25, 0.3) is 5.56 Å². The first kappa shape index (κ1) is 22.0. The molecule has 1 aliphatic heterocycles. The Kier molecular flexibility index (Phi) is 6.53. The Bertz CT molecular complexity index is 1240. The number of benzene rings is 1. The predicted octanol–water partition coefficient (Wildman–Crippen LogP) is 1.41. The lowest BCUT2D eigenvalue weighted by atomic mass is 10.1. The second-order valence-corrected chi connectivity index (χ2v) is 8.38. The van der Waals surface area contributed by atoms with E-state index in [2.05, 4.69) is 27.8 Å².